The molecule has 1 saturated heterocycles. The molecule has 5 nitrogen and oxygen atoms in total. The molecular weight excluding hydrogens is 304 g/mol. The molecule has 6 heteroatoms. The summed E-state index contributed by atoms with van der Waals surface area (Å²) in [5.74, 6) is 0.502. The van der Waals surface area contributed by atoms with Gasteiger partial charge in [-0.05, 0) is 17.7 Å². The maximum atomic E-state index is 10.5. The van der Waals surface area contributed by atoms with Gasteiger partial charge in [0.25, 0.3) is 11.0 Å². The smallest absolute Gasteiger partial charge is 0.299 e. The minimum absolute atomic E-state index is 0.226. The molecule has 0 radical (unpaired) electrons. The summed E-state index contributed by atoms with van der Waals surface area (Å²) in [5.41, 5.74) is 2.03. The first kappa shape index (κ1) is 15.0. The van der Waals surface area contributed by atoms with Gasteiger partial charge in [0.05, 0.1) is 13.2 Å². The first-order chi connectivity index (χ1) is 10.7. The van der Waals surface area contributed by atoms with Crippen LogP contribution in [0, 0.1) is 0 Å². The maximum Gasteiger partial charge on any atom is 0.299 e. The molecule has 1 aliphatic rings. The predicted octanol–water partition coefficient (Wildman–Crippen LogP) is 2.42. The summed E-state index contributed by atoms with van der Waals surface area (Å²) in [6.45, 7) is 1.17. The molecule has 0 bridgehead atoms. The maximum absolute atomic E-state index is 10.5. The van der Waals surface area contributed by atoms with Gasteiger partial charge in [-0.3, -0.25) is 0 Å². The molecule has 0 aliphatic carbocycles. The van der Waals surface area contributed by atoms with Crippen molar-refractivity contribution in [3.8, 4) is 5.75 Å². The van der Waals surface area contributed by atoms with E-state index in [4.69, 9.17) is 9.47 Å². The molecular formula is C16H16O5S. The number of benzene rings is 2. The second-order valence-corrected chi connectivity index (χ2v) is 5.62. The number of hydrogen-bond donors (Lipinski definition) is 1. The van der Waals surface area contributed by atoms with E-state index in [-0.39, 0.29) is 11.7 Å². The summed E-state index contributed by atoms with van der Waals surface area (Å²) >= 11 is 0. The highest BCUT2D eigenvalue weighted by Crippen LogP contribution is 2.30. The Labute approximate surface area is 130 Å². The fourth-order valence-corrected chi connectivity index (χ4v) is 2.68. The van der Waals surface area contributed by atoms with E-state index in [0.29, 0.717) is 13.2 Å². The lowest BCUT2D eigenvalue weighted by Crippen LogP contribution is -2.25. The SMILES string of the molecule is O=[SH](=O)Oc1ccc(C2OCC(c3ccccc3)CO2)cc1. The van der Waals surface area contributed by atoms with Gasteiger partial charge in [0, 0.05) is 11.5 Å². The van der Waals surface area contributed by atoms with Crippen molar-refractivity contribution in [1.29, 1.82) is 0 Å². The van der Waals surface area contributed by atoms with Crippen molar-refractivity contribution in [3.63, 3.8) is 0 Å². The van der Waals surface area contributed by atoms with Crippen molar-refractivity contribution >= 4 is 11.0 Å². The first-order valence-electron chi connectivity index (χ1n) is 6.93. The summed E-state index contributed by atoms with van der Waals surface area (Å²) < 4.78 is 37.1. The van der Waals surface area contributed by atoms with Crippen LogP contribution in [0.2, 0.25) is 0 Å². The highest BCUT2D eigenvalue weighted by atomic mass is 32.2. The molecule has 1 heterocycles. The molecule has 3 rings (SSSR count). The van der Waals surface area contributed by atoms with E-state index >= 15 is 0 Å². The van der Waals surface area contributed by atoms with Crippen molar-refractivity contribution < 1.29 is 22.1 Å². The molecule has 0 spiro atoms. The molecule has 0 unspecified atom stereocenters. The number of thiol groups is 1. The average molecular weight is 320 g/mol. The van der Waals surface area contributed by atoms with E-state index in [2.05, 4.69) is 16.3 Å². The second kappa shape index (κ2) is 6.91. The summed E-state index contributed by atoms with van der Waals surface area (Å²) in [6, 6.07) is 16.7. The summed E-state index contributed by atoms with van der Waals surface area (Å²) in [4.78, 5) is 0. The molecule has 1 aliphatic heterocycles. The van der Waals surface area contributed by atoms with Crippen LogP contribution in [0.1, 0.15) is 23.3 Å². The lowest BCUT2D eigenvalue weighted by molar-refractivity contribution is -0.191. The van der Waals surface area contributed by atoms with Gasteiger partial charge >= 0.3 is 0 Å². The average Bonchev–Trinajstić information content (AvgIpc) is 2.56. The van der Waals surface area contributed by atoms with E-state index in [1.807, 2.05) is 18.2 Å². The third kappa shape index (κ3) is 3.65. The van der Waals surface area contributed by atoms with Crippen LogP contribution in [0.15, 0.2) is 54.6 Å². The van der Waals surface area contributed by atoms with E-state index in [9.17, 15) is 8.42 Å². The molecule has 0 N–H and O–H groups in total. The lowest BCUT2D eigenvalue weighted by atomic mass is 10.0. The minimum Gasteiger partial charge on any atom is -0.384 e. The molecule has 2 aromatic carbocycles. The van der Waals surface area contributed by atoms with Gasteiger partial charge in [-0.15, -0.1) is 0 Å². The monoisotopic (exact) mass is 320 g/mol. The van der Waals surface area contributed by atoms with Crippen molar-refractivity contribution in [1.82, 2.24) is 0 Å². The van der Waals surface area contributed by atoms with E-state index in [1.54, 1.807) is 24.3 Å². The molecule has 116 valence electrons. The zero-order chi connectivity index (χ0) is 15.4. The molecule has 0 saturated carbocycles. The zero-order valence-electron chi connectivity index (χ0n) is 11.8. The van der Waals surface area contributed by atoms with Gasteiger partial charge in [0.2, 0.25) is 0 Å². The highest BCUT2D eigenvalue weighted by molar-refractivity contribution is 7.67. The Bertz CT molecular complexity index is 665. The van der Waals surface area contributed by atoms with Crippen LogP contribution in [0.25, 0.3) is 0 Å². The highest BCUT2D eigenvalue weighted by Gasteiger charge is 2.24. The Balaban J connectivity index is 1.61. The van der Waals surface area contributed by atoms with E-state index < -0.39 is 17.3 Å². The first-order valence-corrected chi connectivity index (χ1v) is 8.02. The Kier molecular flexibility index (Phi) is 4.72. The fraction of sp³-hybridized carbons (Fsp3) is 0.250. The Morgan fingerprint density at radius 2 is 1.50 bits per heavy atom. The van der Waals surface area contributed by atoms with Crippen molar-refractivity contribution in [2.75, 3.05) is 13.2 Å². The Morgan fingerprint density at radius 3 is 2.09 bits per heavy atom. The van der Waals surface area contributed by atoms with Crippen molar-refractivity contribution in [3.05, 3.63) is 65.7 Å². The topological polar surface area (TPSA) is 61.8 Å². The lowest BCUT2D eigenvalue weighted by Gasteiger charge is -2.29. The standard InChI is InChI=1S/C16H16O5S/c17-22(18)21-15-8-6-13(7-9-15)16-19-10-14(11-20-16)12-4-2-1-3-5-12/h1-9,14,16,22H,10-11H2. The van der Waals surface area contributed by atoms with Gasteiger partial charge < -0.3 is 13.7 Å². The molecule has 0 aromatic heterocycles. The summed E-state index contributed by atoms with van der Waals surface area (Å²) in [7, 11) is -2.90. The van der Waals surface area contributed by atoms with Gasteiger partial charge in [-0.1, -0.05) is 42.5 Å². The van der Waals surface area contributed by atoms with Crippen LogP contribution in [-0.2, 0) is 20.5 Å². The summed E-state index contributed by atoms with van der Waals surface area (Å²) in [6.07, 6.45) is -0.435. The van der Waals surface area contributed by atoms with Crippen molar-refractivity contribution in [2.45, 2.75) is 12.2 Å². The van der Waals surface area contributed by atoms with E-state index in [1.165, 1.54) is 5.56 Å². The van der Waals surface area contributed by atoms with Crippen LogP contribution >= 0.6 is 0 Å². The molecule has 22 heavy (non-hydrogen) atoms. The minimum atomic E-state index is -2.90. The van der Waals surface area contributed by atoms with Crippen LogP contribution < -0.4 is 4.18 Å². The van der Waals surface area contributed by atoms with Crippen LogP contribution in [0.4, 0.5) is 0 Å². The number of hydrogen-bond acceptors (Lipinski definition) is 5. The van der Waals surface area contributed by atoms with Crippen LogP contribution in [-0.4, -0.2) is 21.6 Å². The molecule has 2 aromatic rings. The quantitative estimate of drug-likeness (QED) is 0.877. The Hall–Kier alpha value is -1.89. The molecule has 1 fully saturated rings. The van der Waals surface area contributed by atoms with Crippen LogP contribution in [0.5, 0.6) is 5.75 Å². The largest absolute Gasteiger partial charge is 0.384 e. The fourth-order valence-electron chi connectivity index (χ4n) is 2.39. The number of ether oxygens (including phenoxy) is 2. The zero-order valence-corrected chi connectivity index (χ0v) is 12.6. The van der Waals surface area contributed by atoms with Gasteiger partial charge in [-0.25, -0.2) is 0 Å². The third-order valence-electron chi connectivity index (χ3n) is 3.50. The van der Waals surface area contributed by atoms with Gasteiger partial charge in [0.15, 0.2) is 6.29 Å². The molecule has 0 amide bonds. The normalized spacial score (nSPS) is 21.7. The summed E-state index contributed by atoms with van der Waals surface area (Å²) in [5, 5.41) is 0. The van der Waals surface area contributed by atoms with Gasteiger partial charge in [0.1, 0.15) is 5.75 Å². The van der Waals surface area contributed by atoms with Crippen molar-refractivity contribution in [2.24, 2.45) is 0 Å². The Morgan fingerprint density at radius 1 is 0.864 bits per heavy atom. The third-order valence-corrected chi connectivity index (χ3v) is 3.86. The van der Waals surface area contributed by atoms with E-state index in [0.717, 1.165) is 5.56 Å². The number of rotatable bonds is 4. The van der Waals surface area contributed by atoms with Gasteiger partial charge in [-0.2, -0.15) is 8.42 Å². The predicted molar refractivity (Wildman–Crippen MR) is 81.2 cm³/mol. The van der Waals surface area contributed by atoms with Crippen LogP contribution in [0.3, 0.4) is 0 Å². The molecule has 0 atom stereocenters. The second-order valence-electron chi connectivity index (χ2n) is 4.99.